The Labute approximate surface area is 126 Å². The van der Waals surface area contributed by atoms with Gasteiger partial charge in [0.05, 0.1) is 5.54 Å². The zero-order valence-corrected chi connectivity index (χ0v) is 12.9. The maximum Gasteiger partial charge on any atom is 0.220 e. The molecule has 2 heterocycles. The smallest absolute Gasteiger partial charge is 0.220 e. The molecule has 0 bridgehead atoms. The van der Waals surface area contributed by atoms with Crippen LogP contribution in [0.2, 0.25) is 0 Å². The Bertz CT molecular complexity index is 525. The predicted octanol–water partition coefficient (Wildman–Crippen LogP) is 1.44. The average Bonchev–Trinajstić information content (AvgIpc) is 2.44. The molecule has 1 aromatic rings. The molecule has 1 unspecified atom stereocenters. The Kier molecular flexibility index (Phi) is 3.85. The van der Waals surface area contributed by atoms with E-state index in [0.717, 1.165) is 31.6 Å². The minimum absolute atomic E-state index is 0.0206. The van der Waals surface area contributed by atoms with E-state index in [0.29, 0.717) is 12.5 Å². The zero-order chi connectivity index (χ0) is 14.9. The number of carbonyl (C=O) groups is 1. The number of nitrogens with zero attached hydrogens (tertiary/aromatic N) is 2. The summed E-state index contributed by atoms with van der Waals surface area (Å²) in [7, 11) is 4.00. The van der Waals surface area contributed by atoms with Crippen LogP contribution in [0.5, 0.6) is 0 Å². The highest BCUT2D eigenvalue weighted by Crippen LogP contribution is 2.38. The number of pyridine rings is 1. The standard InChI is InChI=1S/C16H24N4O/c1-20(2)14-10-12(6-9-17-14)11-18-13-4-5-15(21)19-16(13)7-3-8-16/h6,9-10,13,18H,3-5,7-8,11H2,1-2H3,(H,19,21). The fraction of sp³-hybridized carbons (Fsp3) is 0.625. The fourth-order valence-electron chi connectivity index (χ4n) is 3.36. The first-order valence-electron chi connectivity index (χ1n) is 7.76. The highest BCUT2D eigenvalue weighted by Gasteiger charge is 2.47. The summed E-state index contributed by atoms with van der Waals surface area (Å²) in [5.41, 5.74) is 1.26. The number of aromatic nitrogens is 1. The van der Waals surface area contributed by atoms with Crippen LogP contribution in [0.3, 0.4) is 0 Å². The summed E-state index contributed by atoms with van der Waals surface area (Å²) in [6.45, 7) is 0.825. The van der Waals surface area contributed by atoms with Crippen molar-refractivity contribution in [1.29, 1.82) is 0 Å². The number of amides is 1. The van der Waals surface area contributed by atoms with Crippen LogP contribution in [0.4, 0.5) is 5.82 Å². The summed E-state index contributed by atoms with van der Waals surface area (Å²) in [4.78, 5) is 18.0. The normalized spacial score (nSPS) is 23.5. The Morgan fingerprint density at radius 2 is 2.29 bits per heavy atom. The third kappa shape index (κ3) is 2.88. The maximum atomic E-state index is 11.7. The van der Waals surface area contributed by atoms with Crippen LogP contribution in [0.1, 0.15) is 37.7 Å². The Hall–Kier alpha value is -1.62. The molecule has 5 heteroatoms. The van der Waals surface area contributed by atoms with Crippen molar-refractivity contribution in [3.63, 3.8) is 0 Å². The SMILES string of the molecule is CN(C)c1cc(CNC2CCC(=O)NC23CCC3)ccn1. The van der Waals surface area contributed by atoms with Crippen LogP contribution < -0.4 is 15.5 Å². The summed E-state index contributed by atoms with van der Waals surface area (Å²) < 4.78 is 0. The van der Waals surface area contributed by atoms with Gasteiger partial charge in [0.25, 0.3) is 0 Å². The summed E-state index contributed by atoms with van der Waals surface area (Å²) in [5.74, 6) is 1.19. The van der Waals surface area contributed by atoms with E-state index in [1.54, 1.807) is 0 Å². The molecular formula is C16H24N4O. The van der Waals surface area contributed by atoms with E-state index in [1.165, 1.54) is 12.0 Å². The fourth-order valence-corrected chi connectivity index (χ4v) is 3.36. The number of carbonyl (C=O) groups excluding carboxylic acids is 1. The average molecular weight is 288 g/mol. The van der Waals surface area contributed by atoms with Gasteiger partial charge in [0.2, 0.25) is 5.91 Å². The molecule has 2 aliphatic rings. The van der Waals surface area contributed by atoms with Crippen LogP contribution in [-0.2, 0) is 11.3 Å². The van der Waals surface area contributed by atoms with Gasteiger partial charge in [0.15, 0.2) is 0 Å². The van der Waals surface area contributed by atoms with Gasteiger partial charge in [-0.25, -0.2) is 4.98 Å². The summed E-state index contributed by atoms with van der Waals surface area (Å²) in [6.07, 6.45) is 6.87. The molecule has 0 aromatic carbocycles. The number of hydrogen-bond donors (Lipinski definition) is 2. The van der Waals surface area contributed by atoms with E-state index in [9.17, 15) is 4.79 Å². The van der Waals surface area contributed by atoms with Crippen molar-refractivity contribution >= 4 is 11.7 Å². The molecule has 1 spiro atoms. The van der Waals surface area contributed by atoms with Crippen LogP contribution >= 0.6 is 0 Å². The lowest BCUT2D eigenvalue weighted by atomic mass is 9.68. The molecule has 1 amide bonds. The van der Waals surface area contributed by atoms with Crippen molar-refractivity contribution in [3.8, 4) is 0 Å². The van der Waals surface area contributed by atoms with Crippen molar-refractivity contribution in [1.82, 2.24) is 15.6 Å². The molecule has 1 saturated carbocycles. The lowest BCUT2D eigenvalue weighted by Gasteiger charge is -2.51. The number of anilines is 1. The molecule has 1 aliphatic heterocycles. The Balaban J connectivity index is 1.64. The maximum absolute atomic E-state index is 11.7. The van der Waals surface area contributed by atoms with E-state index >= 15 is 0 Å². The molecule has 1 atom stereocenters. The number of hydrogen-bond acceptors (Lipinski definition) is 4. The van der Waals surface area contributed by atoms with Crippen LogP contribution in [0.15, 0.2) is 18.3 Å². The quantitative estimate of drug-likeness (QED) is 0.880. The minimum atomic E-state index is 0.0206. The monoisotopic (exact) mass is 288 g/mol. The second-order valence-electron chi connectivity index (χ2n) is 6.45. The third-order valence-electron chi connectivity index (χ3n) is 4.78. The summed E-state index contributed by atoms with van der Waals surface area (Å²) in [6, 6.07) is 4.55. The molecule has 5 nitrogen and oxygen atoms in total. The van der Waals surface area contributed by atoms with E-state index in [1.807, 2.05) is 25.2 Å². The third-order valence-corrected chi connectivity index (χ3v) is 4.78. The highest BCUT2D eigenvalue weighted by atomic mass is 16.1. The molecule has 1 saturated heterocycles. The molecule has 21 heavy (non-hydrogen) atoms. The molecule has 2 N–H and O–H groups in total. The molecule has 2 fully saturated rings. The van der Waals surface area contributed by atoms with Crippen molar-refractivity contribution < 1.29 is 4.79 Å². The van der Waals surface area contributed by atoms with Crippen molar-refractivity contribution in [2.45, 2.75) is 50.2 Å². The van der Waals surface area contributed by atoms with Crippen molar-refractivity contribution in [2.24, 2.45) is 0 Å². The predicted molar refractivity (Wildman–Crippen MR) is 83.2 cm³/mol. The van der Waals surface area contributed by atoms with Crippen LogP contribution in [0.25, 0.3) is 0 Å². The molecule has 0 radical (unpaired) electrons. The van der Waals surface area contributed by atoms with Gasteiger partial charge >= 0.3 is 0 Å². The van der Waals surface area contributed by atoms with E-state index in [-0.39, 0.29) is 11.4 Å². The molecule has 1 aliphatic carbocycles. The highest BCUT2D eigenvalue weighted by molar-refractivity contribution is 5.78. The first-order chi connectivity index (χ1) is 10.1. The number of piperidine rings is 1. The number of nitrogens with one attached hydrogen (secondary N) is 2. The minimum Gasteiger partial charge on any atom is -0.363 e. The first-order valence-corrected chi connectivity index (χ1v) is 7.76. The number of rotatable bonds is 4. The lowest BCUT2D eigenvalue weighted by molar-refractivity contribution is -0.128. The Morgan fingerprint density at radius 3 is 2.95 bits per heavy atom. The second kappa shape index (κ2) is 5.64. The van der Waals surface area contributed by atoms with Gasteiger partial charge in [0, 0.05) is 39.3 Å². The van der Waals surface area contributed by atoms with Crippen LogP contribution in [-0.4, -0.2) is 36.6 Å². The zero-order valence-electron chi connectivity index (χ0n) is 12.9. The largest absolute Gasteiger partial charge is 0.363 e. The van der Waals surface area contributed by atoms with Gasteiger partial charge in [-0.1, -0.05) is 0 Å². The van der Waals surface area contributed by atoms with Gasteiger partial charge in [-0.3, -0.25) is 4.79 Å². The molecule has 1 aromatic heterocycles. The molecule has 3 rings (SSSR count). The van der Waals surface area contributed by atoms with Crippen molar-refractivity contribution in [2.75, 3.05) is 19.0 Å². The first kappa shape index (κ1) is 14.3. The van der Waals surface area contributed by atoms with Gasteiger partial charge < -0.3 is 15.5 Å². The molecular weight excluding hydrogens is 264 g/mol. The lowest BCUT2D eigenvalue weighted by Crippen LogP contribution is -2.67. The molecule has 114 valence electrons. The second-order valence-corrected chi connectivity index (χ2v) is 6.45. The van der Waals surface area contributed by atoms with E-state index < -0.39 is 0 Å². The van der Waals surface area contributed by atoms with Gasteiger partial charge in [-0.15, -0.1) is 0 Å². The Morgan fingerprint density at radius 1 is 1.48 bits per heavy atom. The van der Waals surface area contributed by atoms with Gasteiger partial charge in [-0.2, -0.15) is 0 Å². The van der Waals surface area contributed by atoms with E-state index in [4.69, 9.17) is 0 Å². The van der Waals surface area contributed by atoms with Crippen molar-refractivity contribution in [3.05, 3.63) is 23.9 Å². The van der Waals surface area contributed by atoms with Crippen LogP contribution in [0, 0.1) is 0 Å². The summed E-state index contributed by atoms with van der Waals surface area (Å²) in [5, 5.41) is 6.88. The summed E-state index contributed by atoms with van der Waals surface area (Å²) >= 11 is 0. The van der Waals surface area contributed by atoms with E-state index in [2.05, 4.69) is 27.8 Å². The van der Waals surface area contributed by atoms with Gasteiger partial charge in [-0.05, 0) is 43.4 Å². The topological polar surface area (TPSA) is 57.3 Å². The van der Waals surface area contributed by atoms with Gasteiger partial charge in [0.1, 0.15) is 5.82 Å².